The summed E-state index contributed by atoms with van der Waals surface area (Å²) in [5.41, 5.74) is 1.13. The van der Waals surface area contributed by atoms with Crippen molar-refractivity contribution in [2.75, 3.05) is 36.4 Å². The third-order valence-corrected chi connectivity index (χ3v) is 4.98. The number of piperazine rings is 1. The number of nitrogens with one attached hydrogen (secondary N) is 2. The van der Waals surface area contributed by atoms with E-state index in [1.165, 1.54) is 0 Å². The molecule has 28 heavy (non-hydrogen) atoms. The summed E-state index contributed by atoms with van der Waals surface area (Å²) >= 11 is 11.5. The van der Waals surface area contributed by atoms with Gasteiger partial charge in [-0.05, 0) is 30.4 Å². The molecule has 1 aromatic rings. The molecule has 0 aromatic heterocycles. The Hall–Kier alpha value is -1.86. The van der Waals surface area contributed by atoms with Gasteiger partial charge in [0.15, 0.2) is 5.11 Å². The standard InChI is InChI=1S/C20H29ClN4O2S/c1-13(2)17(26)25-10-8-24(9-11-25)16-7-6-14(21)12-15(16)22-19(28)23-18(27)20(3,4)5/h6-7,12-13H,8-11H2,1-5H3,(H2,22,23,27,28). The lowest BCUT2D eigenvalue weighted by Gasteiger charge is -2.37. The number of halogens is 1. The number of hydrogen-bond acceptors (Lipinski definition) is 4. The first-order chi connectivity index (χ1) is 13.0. The van der Waals surface area contributed by atoms with Crippen molar-refractivity contribution in [2.24, 2.45) is 11.3 Å². The van der Waals surface area contributed by atoms with Gasteiger partial charge in [-0.2, -0.15) is 0 Å². The van der Waals surface area contributed by atoms with Crippen molar-refractivity contribution in [2.45, 2.75) is 34.6 Å². The van der Waals surface area contributed by atoms with Gasteiger partial charge in [-0.3, -0.25) is 9.59 Å². The molecule has 8 heteroatoms. The molecule has 0 aliphatic carbocycles. The molecule has 2 N–H and O–H groups in total. The lowest BCUT2D eigenvalue weighted by atomic mass is 9.96. The fraction of sp³-hybridized carbons (Fsp3) is 0.550. The first-order valence-electron chi connectivity index (χ1n) is 9.44. The van der Waals surface area contributed by atoms with Crippen LogP contribution in [0, 0.1) is 11.3 Å². The lowest BCUT2D eigenvalue weighted by Crippen LogP contribution is -2.50. The van der Waals surface area contributed by atoms with Crippen molar-refractivity contribution < 1.29 is 9.59 Å². The van der Waals surface area contributed by atoms with Gasteiger partial charge >= 0.3 is 0 Å². The number of amides is 2. The first-order valence-corrected chi connectivity index (χ1v) is 10.2. The SMILES string of the molecule is CC(C)C(=O)N1CCN(c2ccc(Cl)cc2NC(=S)NC(=O)C(C)(C)C)CC1. The van der Waals surface area contributed by atoms with Crippen LogP contribution in [0.5, 0.6) is 0 Å². The first kappa shape index (κ1) is 22.4. The molecule has 2 rings (SSSR count). The Morgan fingerprint density at radius 2 is 1.75 bits per heavy atom. The Morgan fingerprint density at radius 1 is 1.14 bits per heavy atom. The summed E-state index contributed by atoms with van der Waals surface area (Å²) in [7, 11) is 0. The van der Waals surface area contributed by atoms with Gasteiger partial charge in [0, 0.05) is 42.5 Å². The van der Waals surface area contributed by atoms with Gasteiger partial charge < -0.3 is 20.4 Å². The zero-order valence-corrected chi connectivity index (χ0v) is 18.7. The monoisotopic (exact) mass is 424 g/mol. The molecule has 6 nitrogen and oxygen atoms in total. The largest absolute Gasteiger partial charge is 0.366 e. The van der Waals surface area contributed by atoms with Crippen LogP contribution in [-0.2, 0) is 9.59 Å². The number of benzene rings is 1. The van der Waals surface area contributed by atoms with E-state index in [-0.39, 0.29) is 22.8 Å². The molecule has 1 saturated heterocycles. The van der Waals surface area contributed by atoms with Crippen LogP contribution < -0.4 is 15.5 Å². The second-order valence-electron chi connectivity index (χ2n) is 8.29. The molecule has 0 radical (unpaired) electrons. The highest BCUT2D eigenvalue weighted by Gasteiger charge is 2.25. The van der Waals surface area contributed by atoms with Gasteiger partial charge in [0.05, 0.1) is 11.4 Å². The minimum Gasteiger partial charge on any atom is -0.366 e. The molecule has 0 bridgehead atoms. The molecular formula is C20H29ClN4O2S. The number of thiocarbonyl (C=S) groups is 1. The summed E-state index contributed by atoms with van der Waals surface area (Å²) in [6.07, 6.45) is 0. The van der Waals surface area contributed by atoms with E-state index < -0.39 is 5.41 Å². The fourth-order valence-corrected chi connectivity index (χ4v) is 3.24. The normalized spacial score (nSPS) is 14.8. The smallest absolute Gasteiger partial charge is 0.231 e. The summed E-state index contributed by atoms with van der Waals surface area (Å²) in [5, 5.41) is 6.62. The van der Waals surface area contributed by atoms with Crippen LogP contribution >= 0.6 is 23.8 Å². The third-order valence-electron chi connectivity index (χ3n) is 4.54. The second-order valence-corrected chi connectivity index (χ2v) is 9.13. The maximum atomic E-state index is 12.2. The second kappa shape index (κ2) is 9.09. The molecule has 1 aliphatic heterocycles. The van der Waals surface area contributed by atoms with Crippen LogP contribution in [0.3, 0.4) is 0 Å². The van der Waals surface area contributed by atoms with E-state index in [1.807, 2.05) is 51.7 Å². The van der Waals surface area contributed by atoms with Crippen LogP contribution in [-0.4, -0.2) is 48.0 Å². The Kier molecular flexibility index (Phi) is 7.28. The number of carbonyl (C=O) groups is 2. The van der Waals surface area contributed by atoms with Gasteiger partial charge in [-0.1, -0.05) is 46.2 Å². The number of rotatable bonds is 3. The molecule has 154 valence electrons. The van der Waals surface area contributed by atoms with Gasteiger partial charge in [0.25, 0.3) is 0 Å². The number of nitrogens with zero attached hydrogens (tertiary/aromatic N) is 2. The highest BCUT2D eigenvalue weighted by atomic mass is 35.5. The number of hydrogen-bond donors (Lipinski definition) is 2. The molecule has 1 fully saturated rings. The third kappa shape index (κ3) is 5.82. The van der Waals surface area contributed by atoms with E-state index in [0.717, 1.165) is 24.5 Å². The van der Waals surface area contributed by atoms with Gasteiger partial charge in [0.1, 0.15) is 0 Å². The zero-order valence-electron chi connectivity index (χ0n) is 17.1. The van der Waals surface area contributed by atoms with E-state index in [1.54, 1.807) is 6.07 Å². The topological polar surface area (TPSA) is 64.7 Å². The minimum absolute atomic E-state index is 0.00288. The average Bonchev–Trinajstić information content (AvgIpc) is 2.60. The molecule has 1 aliphatic rings. The predicted octanol–water partition coefficient (Wildman–Crippen LogP) is 3.50. The average molecular weight is 425 g/mol. The Labute approximate surface area is 177 Å². The van der Waals surface area contributed by atoms with Crippen molar-refractivity contribution in [3.8, 4) is 0 Å². The molecular weight excluding hydrogens is 396 g/mol. The van der Waals surface area contributed by atoms with Crippen molar-refractivity contribution in [1.82, 2.24) is 10.2 Å². The van der Waals surface area contributed by atoms with Crippen LogP contribution in [0.25, 0.3) is 0 Å². The summed E-state index contributed by atoms with van der Waals surface area (Å²) in [6, 6.07) is 5.54. The quantitative estimate of drug-likeness (QED) is 0.727. The fourth-order valence-electron chi connectivity index (χ4n) is 2.86. The van der Waals surface area contributed by atoms with E-state index in [9.17, 15) is 9.59 Å². The Bertz CT molecular complexity index is 753. The van der Waals surface area contributed by atoms with Crippen LogP contribution in [0.2, 0.25) is 5.02 Å². The van der Waals surface area contributed by atoms with E-state index in [0.29, 0.717) is 18.1 Å². The molecule has 0 unspecified atom stereocenters. The minimum atomic E-state index is -0.540. The molecule has 0 spiro atoms. The van der Waals surface area contributed by atoms with Crippen molar-refractivity contribution >= 4 is 52.1 Å². The molecule has 2 amide bonds. The zero-order chi connectivity index (χ0) is 21.1. The lowest BCUT2D eigenvalue weighted by molar-refractivity contribution is -0.134. The maximum absolute atomic E-state index is 12.2. The maximum Gasteiger partial charge on any atom is 0.231 e. The summed E-state index contributed by atoms with van der Waals surface area (Å²) in [4.78, 5) is 28.5. The van der Waals surface area contributed by atoms with Crippen molar-refractivity contribution in [3.05, 3.63) is 23.2 Å². The molecule has 1 heterocycles. The molecule has 0 saturated carbocycles. The van der Waals surface area contributed by atoms with Gasteiger partial charge in [-0.25, -0.2) is 0 Å². The highest BCUT2D eigenvalue weighted by Crippen LogP contribution is 2.30. The van der Waals surface area contributed by atoms with Crippen LogP contribution in [0.15, 0.2) is 18.2 Å². The molecule has 0 atom stereocenters. The number of anilines is 2. The summed E-state index contributed by atoms with van der Waals surface area (Å²) < 4.78 is 0. The Morgan fingerprint density at radius 3 is 2.29 bits per heavy atom. The van der Waals surface area contributed by atoms with Crippen molar-refractivity contribution in [3.63, 3.8) is 0 Å². The van der Waals surface area contributed by atoms with Gasteiger partial charge in [-0.15, -0.1) is 0 Å². The van der Waals surface area contributed by atoms with E-state index in [4.69, 9.17) is 23.8 Å². The highest BCUT2D eigenvalue weighted by molar-refractivity contribution is 7.80. The van der Waals surface area contributed by atoms with Gasteiger partial charge in [0.2, 0.25) is 11.8 Å². The Balaban J connectivity index is 2.10. The van der Waals surface area contributed by atoms with Crippen LogP contribution in [0.4, 0.5) is 11.4 Å². The van der Waals surface area contributed by atoms with E-state index in [2.05, 4.69) is 15.5 Å². The summed E-state index contributed by atoms with van der Waals surface area (Å²) in [6.45, 7) is 12.1. The number of carbonyl (C=O) groups excluding carboxylic acids is 2. The molecule has 1 aromatic carbocycles. The summed E-state index contributed by atoms with van der Waals surface area (Å²) in [5.74, 6) is 0.0256. The van der Waals surface area contributed by atoms with Crippen molar-refractivity contribution in [1.29, 1.82) is 0 Å². The predicted molar refractivity (Wildman–Crippen MR) is 119 cm³/mol. The van der Waals surface area contributed by atoms with E-state index >= 15 is 0 Å². The van der Waals surface area contributed by atoms with Crippen LogP contribution in [0.1, 0.15) is 34.6 Å².